The van der Waals surface area contributed by atoms with Crippen LogP contribution in [0.3, 0.4) is 0 Å². The number of halogens is 2. The molecule has 104 valence electrons. The summed E-state index contributed by atoms with van der Waals surface area (Å²) in [5.74, 6) is -1.61. The van der Waals surface area contributed by atoms with Crippen LogP contribution in [0, 0.1) is 11.2 Å². The molecule has 0 bridgehead atoms. The molecule has 0 aromatic heterocycles. The predicted molar refractivity (Wildman–Crippen MR) is 76.3 cm³/mol. The summed E-state index contributed by atoms with van der Waals surface area (Å²) in [6.07, 6.45) is 2.01. The van der Waals surface area contributed by atoms with Crippen molar-refractivity contribution in [3.05, 3.63) is 28.0 Å². The molecule has 0 saturated carbocycles. The summed E-state index contributed by atoms with van der Waals surface area (Å²) in [6.45, 7) is 6.01. The van der Waals surface area contributed by atoms with Gasteiger partial charge in [-0.3, -0.25) is 0 Å². The van der Waals surface area contributed by atoms with Gasteiger partial charge in [0, 0.05) is 13.1 Å². The second kappa shape index (κ2) is 5.12. The van der Waals surface area contributed by atoms with Gasteiger partial charge in [-0.05, 0) is 46.3 Å². The van der Waals surface area contributed by atoms with E-state index in [1.807, 2.05) is 4.90 Å². The second-order valence-electron chi connectivity index (χ2n) is 5.72. The molecule has 0 radical (unpaired) electrons. The van der Waals surface area contributed by atoms with E-state index in [1.54, 1.807) is 6.07 Å². The lowest BCUT2D eigenvalue weighted by molar-refractivity contribution is 0.0695. The summed E-state index contributed by atoms with van der Waals surface area (Å²) in [5.41, 5.74) is 0.733. The van der Waals surface area contributed by atoms with Gasteiger partial charge in [-0.25, -0.2) is 9.18 Å². The van der Waals surface area contributed by atoms with Crippen molar-refractivity contribution in [2.45, 2.75) is 26.7 Å². The average Bonchev–Trinajstić information content (AvgIpc) is 2.33. The smallest absolute Gasteiger partial charge is 0.336 e. The molecule has 0 unspecified atom stereocenters. The van der Waals surface area contributed by atoms with E-state index in [0.29, 0.717) is 11.1 Å². The van der Waals surface area contributed by atoms with Crippen molar-refractivity contribution in [1.29, 1.82) is 0 Å². The number of piperidine rings is 1. The lowest BCUT2D eigenvalue weighted by atomic mass is 9.82. The average molecular weight is 330 g/mol. The highest BCUT2D eigenvalue weighted by atomic mass is 79.9. The molecule has 1 heterocycles. The van der Waals surface area contributed by atoms with E-state index in [4.69, 9.17) is 5.11 Å². The Hall–Kier alpha value is -1.10. The highest BCUT2D eigenvalue weighted by molar-refractivity contribution is 9.10. The summed E-state index contributed by atoms with van der Waals surface area (Å²) in [7, 11) is 0. The van der Waals surface area contributed by atoms with Gasteiger partial charge in [-0.15, -0.1) is 0 Å². The Kier molecular flexibility index (Phi) is 3.85. The van der Waals surface area contributed by atoms with Crippen LogP contribution in [-0.2, 0) is 0 Å². The van der Waals surface area contributed by atoms with Crippen LogP contribution in [0.15, 0.2) is 16.6 Å². The van der Waals surface area contributed by atoms with Crippen LogP contribution >= 0.6 is 15.9 Å². The van der Waals surface area contributed by atoms with E-state index in [9.17, 15) is 9.18 Å². The number of carboxylic acids is 1. The fraction of sp³-hybridized carbons (Fsp3) is 0.500. The zero-order valence-electron chi connectivity index (χ0n) is 11.0. The number of anilines is 1. The van der Waals surface area contributed by atoms with Gasteiger partial charge in [-0.1, -0.05) is 13.8 Å². The van der Waals surface area contributed by atoms with Crippen LogP contribution in [0.5, 0.6) is 0 Å². The van der Waals surface area contributed by atoms with E-state index in [2.05, 4.69) is 29.8 Å². The standard InChI is InChI=1S/C14H17BrFNO2/c1-14(2)5-7-17(8-6-14)10-4-3-9(13(18)19)11(15)12(10)16/h3-4H,5-8H2,1-2H3,(H,18,19). The second-order valence-corrected chi connectivity index (χ2v) is 6.51. The molecule has 0 atom stereocenters. The Morgan fingerprint density at radius 1 is 1.37 bits per heavy atom. The molecule has 5 heteroatoms. The van der Waals surface area contributed by atoms with Crippen LogP contribution in [0.1, 0.15) is 37.0 Å². The molecule has 1 aromatic rings. The van der Waals surface area contributed by atoms with Crippen molar-refractivity contribution >= 4 is 27.6 Å². The normalized spacial score (nSPS) is 18.4. The Morgan fingerprint density at radius 2 is 1.95 bits per heavy atom. The number of rotatable bonds is 2. The third-order valence-corrected chi connectivity index (χ3v) is 4.53. The zero-order valence-corrected chi connectivity index (χ0v) is 12.6. The highest BCUT2D eigenvalue weighted by Gasteiger charge is 2.27. The van der Waals surface area contributed by atoms with E-state index >= 15 is 0 Å². The van der Waals surface area contributed by atoms with Crippen molar-refractivity contribution in [3.63, 3.8) is 0 Å². The molecular formula is C14H17BrFNO2. The van der Waals surface area contributed by atoms with E-state index in [1.165, 1.54) is 6.07 Å². The number of carboxylic acid groups (broad SMARTS) is 1. The minimum Gasteiger partial charge on any atom is -0.478 e. The summed E-state index contributed by atoms with van der Waals surface area (Å²) >= 11 is 3.04. The van der Waals surface area contributed by atoms with Crippen LogP contribution in [0.2, 0.25) is 0 Å². The van der Waals surface area contributed by atoms with Crippen LogP contribution < -0.4 is 4.90 Å². The molecule has 3 nitrogen and oxygen atoms in total. The van der Waals surface area contributed by atoms with Crippen molar-refractivity contribution < 1.29 is 14.3 Å². The van der Waals surface area contributed by atoms with Crippen LogP contribution in [0.25, 0.3) is 0 Å². The maximum absolute atomic E-state index is 14.2. The first kappa shape index (κ1) is 14.3. The fourth-order valence-corrected chi connectivity index (χ4v) is 2.81. The topological polar surface area (TPSA) is 40.5 Å². The zero-order chi connectivity index (χ0) is 14.2. The monoisotopic (exact) mass is 329 g/mol. The van der Waals surface area contributed by atoms with E-state index < -0.39 is 11.8 Å². The fourth-order valence-electron chi connectivity index (χ4n) is 2.30. The quantitative estimate of drug-likeness (QED) is 0.894. The molecule has 1 fully saturated rings. The number of hydrogen-bond donors (Lipinski definition) is 1. The van der Waals surface area contributed by atoms with Gasteiger partial charge in [0.2, 0.25) is 0 Å². The van der Waals surface area contributed by atoms with Gasteiger partial charge in [0.25, 0.3) is 0 Å². The number of hydrogen-bond acceptors (Lipinski definition) is 2. The van der Waals surface area contributed by atoms with Gasteiger partial charge in [-0.2, -0.15) is 0 Å². The van der Waals surface area contributed by atoms with Gasteiger partial charge >= 0.3 is 5.97 Å². The number of benzene rings is 1. The Morgan fingerprint density at radius 3 is 2.47 bits per heavy atom. The maximum atomic E-state index is 14.2. The van der Waals surface area contributed by atoms with Gasteiger partial charge in [0.05, 0.1) is 15.7 Å². The van der Waals surface area contributed by atoms with Crippen molar-refractivity contribution in [1.82, 2.24) is 0 Å². The lowest BCUT2D eigenvalue weighted by Gasteiger charge is -2.38. The first-order valence-corrected chi connectivity index (χ1v) is 7.07. The number of carbonyl (C=O) groups is 1. The minimum atomic E-state index is -1.13. The van der Waals surface area contributed by atoms with E-state index in [0.717, 1.165) is 25.9 Å². The molecule has 0 aliphatic carbocycles. The number of nitrogens with zero attached hydrogens (tertiary/aromatic N) is 1. The first-order chi connectivity index (χ1) is 8.82. The Bertz CT molecular complexity index is 506. The largest absolute Gasteiger partial charge is 0.478 e. The summed E-state index contributed by atoms with van der Waals surface area (Å²) in [6, 6.07) is 3.01. The molecule has 19 heavy (non-hydrogen) atoms. The highest BCUT2D eigenvalue weighted by Crippen LogP contribution is 2.35. The molecule has 1 aliphatic rings. The predicted octanol–water partition coefficient (Wildman–Crippen LogP) is 3.91. The molecule has 1 saturated heterocycles. The molecule has 1 aromatic carbocycles. The van der Waals surface area contributed by atoms with Gasteiger partial charge in [0.1, 0.15) is 0 Å². The summed E-state index contributed by atoms with van der Waals surface area (Å²) in [5, 5.41) is 8.95. The molecular weight excluding hydrogens is 313 g/mol. The third-order valence-electron chi connectivity index (χ3n) is 3.75. The number of aromatic carboxylic acids is 1. The third kappa shape index (κ3) is 2.91. The van der Waals surface area contributed by atoms with Gasteiger partial charge < -0.3 is 10.0 Å². The molecule has 2 rings (SSSR count). The lowest BCUT2D eigenvalue weighted by Crippen LogP contribution is -2.37. The van der Waals surface area contributed by atoms with Crippen molar-refractivity contribution in [3.8, 4) is 0 Å². The molecule has 1 aliphatic heterocycles. The minimum absolute atomic E-state index is 0.0299. The SMILES string of the molecule is CC1(C)CCN(c2ccc(C(=O)O)c(Br)c2F)CC1. The van der Waals surface area contributed by atoms with Crippen molar-refractivity contribution in [2.24, 2.45) is 5.41 Å². The molecule has 0 spiro atoms. The Labute approximate surface area is 120 Å². The molecule has 0 amide bonds. The van der Waals surface area contributed by atoms with E-state index in [-0.39, 0.29) is 10.0 Å². The van der Waals surface area contributed by atoms with Gasteiger partial charge in [0.15, 0.2) is 5.82 Å². The van der Waals surface area contributed by atoms with Crippen LogP contribution in [-0.4, -0.2) is 24.2 Å². The van der Waals surface area contributed by atoms with Crippen LogP contribution in [0.4, 0.5) is 10.1 Å². The van der Waals surface area contributed by atoms with Crippen molar-refractivity contribution in [2.75, 3.05) is 18.0 Å². The summed E-state index contributed by atoms with van der Waals surface area (Å²) in [4.78, 5) is 12.9. The first-order valence-electron chi connectivity index (χ1n) is 6.28. The molecule has 1 N–H and O–H groups in total. The maximum Gasteiger partial charge on any atom is 0.336 e. The Balaban J connectivity index is 2.27. The summed E-state index contributed by atoms with van der Waals surface area (Å²) < 4.78 is 14.3.